The first-order valence-corrected chi connectivity index (χ1v) is 10.1. The monoisotopic (exact) mass is 373 g/mol. The van der Waals surface area contributed by atoms with Crippen LogP contribution in [0.25, 0.3) is 0 Å². The minimum atomic E-state index is -3.01. The molecular weight excluding hydrogens is 346 g/mol. The number of likely N-dealkylation sites (tertiary alicyclic amines) is 1. The number of sulfone groups is 1. The number of hydrogen-bond donors (Lipinski definition) is 3. The third-order valence-electron chi connectivity index (χ3n) is 4.46. The molecule has 1 heterocycles. The topological polar surface area (TPSA) is 115 Å². The molecule has 142 valence electrons. The highest BCUT2D eigenvalue weighted by atomic mass is 32.2. The van der Waals surface area contributed by atoms with Crippen LogP contribution in [0.3, 0.4) is 0 Å². The Morgan fingerprint density at radius 2 is 1.92 bits per heavy atom. The van der Waals surface area contributed by atoms with E-state index < -0.39 is 21.4 Å². The quantitative estimate of drug-likeness (QED) is 0.602. The van der Waals surface area contributed by atoms with Crippen LogP contribution in [0.2, 0.25) is 0 Å². The van der Waals surface area contributed by atoms with Crippen LogP contribution in [0.4, 0.5) is 0 Å². The minimum absolute atomic E-state index is 0.107. The van der Waals surface area contributed by atoms with Crippen LogP contribution in [0.5, 0.6) is 0 Å². The van der Waals surface area contributed by atoms with Crippen LogP contribution in [0.1, 0.15) is 12.0 Å². The Morgan fingerprint density at radius 1 is 1.32 bits per heavy atom. The van der Waals surface area contributed by atoms with Gasteiger partial charge in [0.1, 0.15) is 9.84 Å². The van der Waals surface area contributed by atoms with Crippen molar-refractivity contribution in [3.63, 3.8) is 0 Å². The van der Waals surface area contributed by atoms with Crippen LogP contribution in [0.15, 0.2) is 30.3 Å². The van der Waals surface area contributed by atoms with Crippen molar-refractivity contribution in [2.24, 2.45) is 5.41 Å². The van der Waals surface area contributed by atoms with Gasteiger partial charge >= 0.3 is 0 Å². The molecule has 1 saturated heterocycles. The first-order valence-electron chi connectivity index (χ1n) is 8.07. The van der Waals surface area contributed by atoms with E-state index in [1.54, 1.807) is 0 Å². The number of nitrogens with zero attached hydrogens (tertiary/aromatic N) is 1. The normalized spacial score (nSPS) is 24.2. The zero-order valence-corrected chi connectivity index (χ0v) is 15.2. The number of benzene rings is 1. The number of carboxylic acid groups (broad SMARTS) is 1. The van der Waals surface area contributed by atoms with Gasteiger partial charge in [-0.2, -0.15) is 0 Å². The Morgan fingerprint density at radius 3 is 2.44 bits per heavy atom. The Hall–Kier alpha value is -1.48. The molecule has 1 aliphatic rings. The van der Waals surface area contributed by atoms with E-state index in [-0.39, 0.29) is 18.8 Å². The first-order chi connectivity index (χ1) is 11.8. The van der Waals surface area contributed by atoms with Crippen molar-refractivity contribution in [2.45, 2.75) is 18.9 Å². The zero-order valence-electron chi connectivity index (χ0n) is 14.4. The van der Waals surface area contributed by atoms with Crippen molar-refractivity contribution in [1.29, 1.82) is 0 Å². The molecule has 25 heavy (non-hydrogen) atoms. The lowest BCUT2D eigenvalue weighted by atomic mass is 9.73. The second-order valence-electron chi connectivity index (χ2n) is 6.50. The molecule has 2 atom stereocenters. The van der Waals surface area contributed by atoms with Gasteiger partial charge < -0.3 is 20.2 Å². The van der Waals surface area contributed by atoms with Gasteiger partial charge in [0.2, 0.25) is 0 Å². The second-order valence-corrected chi connectivity index (χ2v) is 8.76. The predicted molar refractivity (Wildman–Crippen MR) is 95.1 cm³/mol. The maximum atomic E-state index is 11.3. The maximum absolute atomic E-state index is 11.3. The van der Waals surface area contributed by atoms with Crippen LogP contribution in [0, 0.1) is 5.41 Å². The lowest BCUT2D eigenvalue weighted by Gasteiger charge is -2.45. The lowest BCUT2D eigenvalue weighted by Crippen LogP contribution is -2.55. The molecule has 0 saturated carbocycles. The van der Waals surface area contributed by atoms with E-state index in [0.29, 0.717) is 32.5 Å². The van der Waals surface area contributed by atoms with E-state index in [9.17, 15) is 18.6 Å². The molecule has 0 bridgehead atoms. The van der Waals surface area contributed by atoms with Gasteiger partial charge in [0, 0.05) is 31.3 Å². The fourth-order valence-electron chi connectivity index (χ4n) is 3.11. The molecule has 1 aromatic rings. The van der Waals surface area contributed by atoms with Crippen LogP contribution in [-0.4, -0.2) is 79.5 Å². The van der Waals surface area contributed by atoms with Crippen molar-refractivity contribution in [2.75, 3.05) is 38.2 Å². The van der Waals surface area contributed by atoms with Gasteiger partial charge in [-0.15, -0.1) is 0 Å². The standard InChI is InChI=1S/C16H25NO4S.CH2O2/c1-22(20,21)10-9-17-8-7-15(19)16(12-17,13-18)11-14-5-3-2-4-6-14;2-1-3/h2-6,15,18-19H,7-13H2,1H3;1H,(H,2,3)/t15-,16+;/m0./s1. The highest BCUT2D eigenvalue weighted by molar-refractivity contribution is 7.90. The van der Waals surface area contributed by atoms with Gasteiger partial charge in [0.25, 0.3) is 6.47 Å². The highest BCUT2D eigenvalue weighted by Gasteiger charge is 2.42. The molecule has 0 amide bonds. The second kappa shape index (κ2) is 9.86. The molecule has 0 aliphatic carbocycles. The molecule has 0 aromatic heterocycles. The number of rotatable bonds is 6. The molecule has 1 aliphatic heterocycles. The molecule has 8 heteroatoms. The molecule has 1 aromatic carbocycles. The maximum Gasteiger partial charge on any atom is 0.290 e. The van der Waals surface area contributed by atoms with Gasteiger partial charge in [-0.1, -0.05) is 30.3 Å². The van der Waals surface area contributed by atoms with Crippen molar-refractivity contribution < 1.29 is 28.5 Å². The fourth-order valence-corrected chi connectivity index (χ4v) is 3.70. The fraction of sp³-hybridized carbons (Fsp3) is 0.588. The summed E-state index contributed by atoms with van der Waals surface area (Å²) in [7, 11) is -3.01. The minimum Gasteiger partial charge on any atom is -0.483 e. The van der Waals surface area contributed by atoms with Crippen molar-refractivity contribution in [1.82, 2.24) is 4.90 Å². The zero-order chi connectivity index (χ0) is 18.9. The van der Waals surface area contributed by atoms with Crippen molar-refractivity contribution in [3.8, 4) is 0 Å². The number of aliphatic hydroxyl groups excluding tert-OH is 2. The molecule has 0 radical (unpaired) electrons. The van der Waals surface area contributed by atoms with Gasteiger partial charge in [0.15, 0.2) is 0 Å². The molecule has 0 spiro atoms. The number of hydrogen-bond acceptors (Lipinski definition) is 6. The summed E-state index contributed by atoms with van der Waals surface area (Å²) in [4.78, 5) is 10.4. The summed E-state index contributed by atoms with van der Waals surface area (Å²) in [5.74, 6) is 0.107. The third-order valence-corrected chi connectivity index (χ3v) is 5.38. The van der Waals surface area contributed by atoms with E-state index >= 15 is 0 Å². The van der Waals surface area contributed by atoms with Gasteiger partial charge in [-0.05, 0) is 18.4 Å². The Kier molecular flexibility index (Phi) is 8.51. The number of aliphatic hydroxyl groups is 2. The SMILES string of the molecule is CS(=O)(=O)CCN1CC[C@H](O)[C@](CO)(Cc2ccccc2)C1.O=CO. The lowest BCUT2D eigenvalue weighted by molar-refractivity contribution is -0.122. The van der Waals surface area contributed by atoms with Crippen molar-refractivity contribution >= 4 is 16.3 Å². The van der Waals surface area contributed by atoms with E-state index in [4.69, 9.17) is 9.90 Å². The van der Waals surface area contributed by atoms with Gasteiger partial charge in [-0.25, -0.2) is 8.42 Å². The van der Waals surface area contributed by atoms with Crippen LogP contribution >= 0.6 is 0 Å². The summed E-state index contributed by atoms with van der Waals surface area (Å²) in [5.41, 5.74) is 0.442. The summed E-state index contributed by atoms with van der Waals surface area (Å²) in [6.45, 7) is 1.25. The van der Waals surface area contributed by atoms with E-state index in [1.807, 2.05) is 35.2 Å². The van der Waals surface area contributed by atoms with E-state index in [0.717, 1.165) is 5.56 Å². The number of piperidine rings is 1. The molecular formula is C17H27NO6S. The largest absolute Gasteiger partial charge is 0.483 e. The first kappa shape index (κ1) is 21.6. The highest BCUT2D eigenvalue weighted by Crippen LogP contribution is 2.33. The van der Waals surface area contributed by atoms with Crippen LogP contribution < -0.4 is 0 Å². The van der Waals surface area contributed by atoms with Gasteiger partial charge in [-0.3, -0.25) is 4.79 Å². The number of carbonyl (C=O) groups is 1. The Labute approximate surface area is 148 Å². The Balaban J connectivity index is 0.000000970. The molecule has 2 rings (SSSR count). The van der Waals surface area contributed by atoms with Gasteiger partial charge in [0.05, 0.1) is 18.5 Å². The summed E-state index contributed by atoms with van der Waals surface area (Å²) in [6, 6.07) is 9.79. The molecule has 3 N–H and O–H groups in total. The molecule has 1 fully saturated rings. The molecule has 0 unspecified atom stereocenters. The predicted octanol–water partition coefficient (Wildman–Crippen LogP) is 0.0198. The average Bonchev–Trinajstić information content (AvgIpc) is 2.56. The summed E-state index contributed by atoms with van der Waals surface area (Å²) in [6.07, 6.45) is 1.79. The van der Waals surface area contributed by atoms with E-state index in [1.165, 1.54) is 6.26 Å². The summed E-state index contributed by atoms with van der Waals surface area (Å²) < 4.78 is 22.7. The smallest absolute Gasteiger partial charge is 0.290 e. The van der Waals surface area contributed by atoms with E-state index in [2.05, 4.69) is 0 Å². The van der Waals surface area contributed by atoms with Crippen molar-refractivity contribution in [3.05, 3.63) is 35.9 Å². The molecule has 7 nitrogen and oxygen atoms in total. The average molecular weight is 373 g/mol. The van der Waals surface area contributed by atoms with Crippen LogP contribution in [-0.2, 0) is 21.1 Å². The Bertz CT molecular complexity index is 621. The summed E-state index contributed by atoms with van der Waals surface area (Å²) >= 11 is 0. The third kappa shape index (κ3) is 7.11. The summed E-state index contributed by atoms with van der Waals surface area (Å²) in [5, 5.41) is 27.2.